The number of carbonyl (C=O) groups excluding carboxylic acids is 1. The molecule has 8 heteroatoms. The van der Waals surface area contributed by atoms with Crippen molar-refractivity contribution < 1.29 is 9.53 Å². The summed E-state index contributed by atoms with van der Waals surface area (Å²) < 4.78 is 7.01. The van der Waals surface area contributed by atoms with Crippen LogP contribution in [-0.2, 0) is 4.79 Å². The van der Waals surface area contributed by atoms with Gasteiger partial charge in [-0.3, -0.25) is 4.79 Å². The van der Waals surface area contributed by atoms with Crippen LogP contribution in [0.1, 0.15) is 18.5 Å². The number of fused-ring (bicyclic) bond motifs is 1. The highest BCUT2D eigenvalue weighted by molar-refractivity contribution is 6.30. The number of amides is 1. The predicted octanol–water partition coefficient (Wildman–Crippen LogP) is 3.38. The summed E-state index contributed by atoms with van der Waals surface area (Å²) in [5.74, 6) is 1.20. The molecule has 0 saturated heterocycles. The Morgan fingerprint density at radius 3 is 2.68 bits per heavy atom. The lowest BCUT2D eigenvalue weighted by molar-refractivity contribution is -0.115. The minimum Gasteiger partial charge on any atom is -0.497 e. The van der Waals surface area contributed by atoms with Crippen molar-refractivity contribution in [2.75, 3.05) is 12.4 Å². The molecule has 0 fully saturated rings. The van der Waals surface area contributed by atoms with E-state index in [2.05, 4.69) is 15.4 Å². The molecule has 2 heterocycles. The molecule has 142 valence electrons. The van der Waals surface area contributed by atoms with Gasteiger partial charge in [0.05, 0.1) is 12.7 Å². The molecule has 4 rings (SSSR count). The Morgan fingerprint density at radius 2 is 2.00 bits per heavy atom. The van der Waals surface area contributed by atoms with Crippen molar-refractivity contribution in [2.45, 2.75) is 13.0 Å². The van der Waals surface area contributed by atoms with Gasteiger partial charge in [0.2, 0.25) is 11.9 Å². The molecule has 0 bridgehead atoms. The molecular formula is C20H18ClN5O2. The molecule has 1 aromatic heterocycles. The second kappa shape index (κ2) is 7.01. The molecule has 0 radical (unpaired) electrons. The van der Waals surface area contributed by atoms with Crippen LogP contribution in [0.25, 0.3) is 11.4 Å². The Labute approximate surface area is 166 Å². The maximum Gasteiger partial charge on any atom is 0.248 e. The average Bonchev–Trinajstić information content (AvgIpc) is 3.10. The van der Waals surface area contributed by atoms with Gasteiger partial charge in [0, 0.05) is 16.3 Å². The standard InChI is InChI=1S/C20H18ClN5O2/c1-11-16(18(22)27)17(13-4-3-5-15(10-13)28-2)26-20(23-11)24-19(25-26)12-6-8-14(21)9-7-12/h3-10,17H,1-2H3,(H2,22,27)(H,23,24,25)/t17-/m0/s1. The summed E-state index contributed by atoms with van der Waals surface area (Å²) in [5.41, 5.74) is 8.41. The number of methoxy groups -OCH3 is 1. The van der Waals surface area contributed by atoms with E-state index in [4.69, 9.17) is 22.1 Å². The normalized spacial score (nSPS) is 15.8. The minimum absolute atomic E-state index is 0.424. The zero-order valence-corrected chi connectivity index (χ0v) is 16.1. The molecule has 3 N–H and O–H groups in total. The average molecular weight is 396 g/mol. The molecule has 2 aromatic carbocycles. The van der Waals surface area contributed by atoms with Crippen LogP contribution in [0.15, 0.2) is 59.8 Å². The van der Waals surface area contributed by atoms with Crippen LogP contribution in [0.2, 0.25) is 5.02 Å². The van der Waals surface area contributed by atoms with Crippen molar-refractivity contribution in [2.24, 2.45) is 5.73 Å². The second-order valence-corrected chi connectivity index (χ2v) is 6.85. The van der Waals surface area contributed by atoms with Gasteiger partial charge < -0.3 is 15.8 Å². The first-order valence-corrected chi connectivity index (χ1v) is 8.99. The van der Waals surface area contributed by atoms with Crippen molar-refractivity contribution >= 4 is 23.5 Å². The van der Waals surface area contributed by atoms with E-state index >= 15 is 0 Å². The van der Waals surface area contributed by atoms with Crippen LogP contribution < -0.4 is 15.8 Å². The van der Waals surface area contributed by atoms with Crippen LogP contribution in [0.5, 0.6) is 5.75 Å². The lowest BCUT2D eigenvalue weighted by Gasteiger charge is -2.27. The molecule has 7 nitrogen and oxygen atoms in total. The number of ether oxygens (including phenoxy) is 1. The summed E-state index contributed by atoms with van der Waals surface area (Å²) in [6.07, 6.45) is 0. The largest absolute Gasteiger partial charge is 0.497 e. The van der Waals surface area contributed by atoms with E-state index in [1.807, 2.05) is 36.4 Å². The fourth-order valence-electron chi connectivity index (χ4n) is 3.31. The number of carbonyl (C=O) groups is 1. The third-order valence-electron chi connectivity index (χ3n) is 4.63. The summed E-state index contributed by atoms with van der Waals surface area (Å²) in [7, 11) is 1.59. The maximum absolute atomic E-state index is 12.2. The van der Waals surface area contributed by atoms with Gasteiger partial charge in [-0.15, -0.1) is 5.10 Å². The van der Waals surface area contributed by atoms with Crippen LogP contribution >= 0.6 is 11.6 Å². The van der Waals surface area contributed by atoms with Gasteiger partial charge in [-0.05, 0) is 48.9 Å². The summed E-state index contributed by atoms with van der Waals surface area (Å²) >= 11 is 5.98. The van der Waals surface area contributed by atoms with Gasteiger partial charge in [-0.25, -0.2) is 4.68 Å². The van der Waals surface area contributed by atoms with Crippen LogP contribution in [0.3, 0.4) is 0 Å². The SMILES string of the molecule is COc1cccc([C@H]2C(C(N)=O)=C(C)Nc3nc(-c4ccc(Cl)cc4)nn32)c1. The van der Waals surface area contributed by atoms with Gasteiger partial charge in [0.15, 0.2) is 5.82 Å². The van der Waals surface area contributed by atoms with Gasteiger partial charge in [-0.2, -0.15) is 4.98 Å². The molecule has 1 atom stereocenters. The lowest BCUT2D eigenvalue weighted by Crippen LogP contribution is -2.31. The fraction of sp³-hybridized carbons (Fsp3) is 0.150. The van der Waals surface area contributed by atoms with E-state index in [1.54, 1.807) is 30.8 Å². The first-order valence-electron chi connectivity index (χ1n) is 8.62. The summed E-state index contributed by atoms with van der Waals surface area (Å²) in [4.78, 5) is 16.8. The molecule has 1 aliphatic heterocycles. The summed E-state index contributed by atoms with van der Waals surface area (Å²) in [6.45, 7) is 1.80. The molecule has 0 unspecified atom stereocenters. The number of hydrogen-bond acceptors (Lipinski definition) is 5. The molecule has 0 saturated carbocycles. The molecule has 1 aliphatic rings. The molecule has 1 amide bonds. The molecule has 0 spiro atoms. The van der Waals surface area contributed by atoms with Crippen LogP contribution in [0, 0.1) is 0 Å². The molecular weight excluding hydrogens is 378 g/mol. The minimum atomic E-state index is -0.521. The Balaban J connectivity index is 1.87. The van der Waals surface area contributed by atoms with Crippen LogP contribution in [-0.4, -0.2) is 27.8 Å². The Morgan fingerprint density at radius 1 is 1.25 bits per heavy atom. The van der Waals surface area contributed by atoms with Gasteiger partial charge in [-0.1, -0.05) is 23.7 Å². The number of nitrogens with two attached hydrogens (primary N) is 1. The summed E-state index contributed by atoms with van der Waals surface area (Å²) in [6, 6.07) is 14.2. The fourth-order valence-corrected chi connectivity index (χ4v) is 3.44. The topological polar surface area (TPSA) is 95.1 Å². The van der Waals surface area contributed by atoms with Gasteiger partial charge in [0.1, 0.15) is 11.8 Å². The number of rotatable bonds is 4. The Bertz CT molecular complexity index is 1090. The zero-order chi connectivity index (χ0) is 19.8. The number of benzene rings is 2. The first-order chi connectivity index (χ1) is 13.5. The number of primary amides is 1. The highest BCUT2D eigenvalue weighted by Crippen LogP contribution is 2.37. The first kappa shape index (κ1) is 18.1. The van der Waals surface area contributed by atoms with Crippen LogP contribution in [0.4, 0.5) is 5.95 Å². The van der Waals surface area contributed by atoms with E-state index in [0.29, 0.717) is 33.8 Å². The lowest BCUT2D eigenvalue weighted by atomic mass is 9.95. The van der Waals surface area contributed by atoms with Crippen molar-refractivity contribution in [1.82, 2.24) is 14.8 Å². The van der Waals surface area contributed by atoms with Gasteiger partial charge >= 0.3 is 0 Å². The Hall–Kier alpha value is -3.32. The van der Waals surface area contributed by atoms with E-state index in [0.717, 1.165) is 11.1 Å². The van der Waals surface area contributed by atoms with E-state index in [-0.39, 0.29) is 0 Å². The highest BCUT2D eigenvalue weighted by Gasteiger charge is 2.33. The van der Waals surface area contributed by atoms with Crippen molar-refractivity contribution in [3.05, 3.63) is 70.4 Å². The smallest absolute Gasteiger partial charge is 0.248 e. The number of nitrogens with zero attached hydrogens (tertiary/aromatic N) is 3. The molecule has 28 heavy (non-hydrogen) atoms. The quantitative estimate of drug-likeness (QED) is 0.706. The number of allylic oxidation sites excluding steroid dienone is 1. The molecule has 0 aliphatic carbocycles. The third-order valence-corrected chi connectivity index (χ3v) is 4.88. The van der Waals surface area contributed by atoms with E-state index in [9.17, 15) is 4.79 Å². The van der Waals surface area contributed by atoms with Crippen molar-refractivity contribution in [1.29, 1.82) is 0 Å². The van der Waals surface area contributed by atoms with E-state index in [1.165, 1.54) is 0 Å². The molecule has 3 aromatic rings. The second-order valence-electron chi connectivity index (χ2n) is 6.42. The number of anilines is 1. The number of aromatic nitrogens is 3. The van der Waals surface area contributed by atoms with Gasteiger partial charge in [0.25, 0.3) is 0 Å². The Kier molecular flexibility index (Phi) is 4.52. The van der Waals surface area contributed by atoms with Crippen molar-refractivity contribution in [3.8, 4) is 17.1 Å². The van der Waals surface area contributed by atoms with E-state index < -0.39 is 11.9 Å². The predicted molar refractivity (Wildman–Crippen MR) is 107 cm³/mol. The zero-order valence-electron chi connectivity index (χ0n) is 15.3. The number of halogens is 1. The number of hydrogen-bond donors (Lipinski definition) is 2. The monoisotopic (exact) mass is 395 g/mol. The number of nitrogens with one attached hydrogen (secondary N) is 1. The third kappa shape index (κ3) is 3.10. The maximum atomic E-state index is 12.2. The highest BCUT2D eigenvalue weighted by atomic mass is 35.5. The summed E-state index contributed by atoms with van der Waals surface area (Å²) in [5, 5.41) is 8.41. The van der Waals surface area contributed by atoms with Crippen molar-refractivity contribution in [3.63, 3.8) is 0 Å².